The molecule has 4 heterocycles. The van der Waals surface area contributed by atoms with Crippen molar-refractivity contribution in [3.63, 3.8) is 0 Å². The van der Waals surface area contributed by atoms with Crippen LogP contribution in [-0.2, 0) is 11.2 Å². The molecule has 0 aromatic carbocycles. The van der Waals surface area contributed by atoms with Crippen LogP contribution in [-0.4, -0.2) is 40.8 Å². The number of aryl methyl sites for hydroxylation is 2. The number of H-pyrrole nitrogens is 1. The molecule has 3 atom stereocenters. The molecule has 1 amide bonds. The standard InChI is InChI=1S/C27H31FN8O/c1-16-10-23(33-24(31-16)11-22-9-17(2)34-35-22)19-7-8-27(4,12-19)26(37)32-18(3)20-5-6-25(29-13-20)36-15-21(28)14-30-36/h5-6,9-10,13-15,18-19H,7-8,11-12H2,1-4H3,(H,32,37)(H,34,35)/t18-,19+,27+/m0/s1. The van der Waals surface area contributed by atoms with E-state index in [9.17, 15) is 9.18 Å². The molecule has 37 heavy (non-hydrogen) atoms. The molecule has 1 aliphatic rings. The Balaban J connectivity index is 1.23. The molecule has 0 bridgehead atoms. The van der Waals surface area contributed by atoms with E-state index in [1.54, 1.807) is 12.3 Å². The Morgan fingerprint density at radius 1 is 1.27 bits per heavy atom. The molecule has 5 rings (SSSR count). The number of pyridine rings is 1. The fourth-order valence-electron chi connectivity index (χ4n) is 5.04. The second-order valence-corrected chi connectivity index (χ2v) is 10.3. The monoisotopic (exact) mass is 502 g/mol. The molecule has 192 valence electrons. The molecule has 0 spiro atoms. The molecule has 0 radical (unpaired) electrons. The van der Waals surface area contributed by atoms with Gasteiger partial charge in [0, 0.05) is 34.6 Å². The largest absolute Gasteiger partial charge is 0.349 e. The lowest BCUT2D eigenvalue weighted by molar-refractivity contribution is -0.130. The van der Waals surface area contributed by atoms with E-state index in [0.717, 1.165) is 59.6 Å². The molecular weight excluding hydrogens is 471 g/mol. The van der Waals surface area contributed by atoms with Crippen molar-refractivity contribution in [2.75, 3.05) is 0 Å². The summed E-state index contributed by atoms with van der Waals surface area (Å²) in [5.74, 6) is 1.07. The molecule has 0 saturated heterocycles. The maximum atomic E-state index is 13.4. The van der Waals surface area contributed by atoms with Crippen molar-refractivity contribution >= 4 is 5.91 Å². The van der Waals surface area contributed by atoms with Gasteiger partial charge in [0.25, 0.3) is 0 Å². The molecule has 2 N–H and O–H groups in total. The maximum Gasteiger partial charge on any atom is 0.226 e. The van der Waals surface area contributed by atoms with E-state index in [0.29, 0.717) is 12.2 Å². The predicted octanol–water partition coefficient (Wildman–Crippen LogP) is 4.28. The molecule has 1 fully saturated rings. The number of amides is 1. The number of hydrogen-bond donors (Lipinski definition) is 2. The van der Waals surface area contributed by atoms with Gasteiger partial charge in [0.1, 0.15) is 5.82 Å². The number of halogens is 1. The summed E-state index contributed by atoms with van der Waals surface area (Å²) >= 11 is 0. The summed E-state index contributed by atoms with van der Waals surface area (Å²) in [6.45, 7) is 7.92. The summed E-state index contributed by atoms with van der Waals surface area (Å²) in [6, 6.07) is 7.46. The number of nitrogens with one attached hydrogen (secondary N) is 2. The lowest BCUT2D eigenvalue weighted by Gasteiger charge is -2.26. The first-order valence-corrected chi connectivity index (χ1v) is 12.5. The fourth-order valence-corrected chi connectivity index (χ4v) is 5.04. The Morgan fingerprint density at radius 3 is 2.78 bits per heavy atom. The van der Waals surface area contributed by atoms with E-state index >= 15 is 0 Å². The van der Waals surface area contributed by atoms with Gasteiger partial charge in [-0.25, -0.2) is 24.0 Å². The minimum atomic E-state index is -0.489. The minimum Gasteiger partial charge on any atom is -0.349 e. The van der Waals surface area contributed by atoms with E-state index in [1.807, 2.05) is 45.9 Å². The lowest BCUT2D eigenvalue weighted by atomic mass is 9.85. The number of nitrogens with zero attached hydrogens (tertiary/aromatic N) is 6. The zero-order chi connectivity index (χ0) is 26.2. The smallest absolute Gasteiger partial charge is 0.226 e. The van der Waals surface area contributed by atoms with Gasteiger partial charge >= 0.3 is 0 Å². The Morgan fingerprint density at radius 2 is 2.11 bits per heavy atom. The predicted molar refractivity (Wildman–Crippen MR) is 135 cm³/mol. The number of aromatic nitrogens is 7. The maximum absolute atomic E-state index is 13.4. The highest BCUT2D eigenvalue weighted by atomic mass is 19.1. The molecule has 1 aliphatic carbocycles. The minimum absolute atomic E-state index is 0.0266. The average molecular weight is 503 g/mol. The molecule has 0 aliphatic heterocycles. The summed E-state index contributed by atoms with van der Waals surface area (Å²) in [4.78, 5) is 27.2. The van der Waals surface area contributed by atoms with Crippen LogP contribution in [0.2, 0.25) is 0 Å². The summed E-state index contributed by atoms with van der Waals surface area (Å²) in [5, 5.41) is 14.4. The average Bonchev–Trinajstić information content (AvgIpc) is 3.59. The van der Waals surface area contributed by atoms with Crippen molar-refractivity contribution in [2.24, 2.45) is 5.41 Å². The molecule has 1 saturated carbocycles. The van der Waals surface area contributed by atoms with E-state index in [-0.39, 0.29) is 17.9 Å². The Labute approximate surface area is 215 Å². The van der Waals surface area contributed by atoms with E-state index in [2.05, 4.69) is 30.6 Å². The van der Waals surface area contributed by atoms with Gasteiger partial charge in [-0.05, 0) is 63.8 Å². The topological polar surface area (TPSA) is 114 Å². The van der Waals surface area contributed by atoms with Crippen LogP contribution in [0, 0.1) is 25.1 Å². The van der Waals surface area contributed by atoms with E-state index < -0.39 is 11.2 Å². The van der Waals surface area contributed by atoms with Gasteiger partial charge < -0.3 is 5.32 Å². The number of carbonyl (C=O) groups excluding carboxylic acids is 1. The number of rotatable bonds is 7. The zero-order valence-electron chi connectivity index (χ0n) is 21.5. The quantitative estimate of drug-likeness (QED) is 0.390. The van der Waals surface area contributed by atoms with Crippen molar-refractivity contribution in [3.05, 3.63) is 82.8 Å². The number of carbonyl (C=O) groups is 1. The van der Waals surface area contributed by atoms with Crippen LogP contribution >= 0.6 is 0 Å². The Bertz CT molecular complexity index is 1410. The van der Waals surface area contributed by atoms with Gasteiger partial charge in [0.05, 0.1) is 30.6 Å². The van der Waals surface area contributed by atoms with E-state index in [1.165, 1.54) is 10.9 Å². The fraction of sp³-hybridized carbons (Fsp3) is 0.407. The molecule has 4 aromatic heterocycles. The van der Waals surface area contributed by atoms with E-state index in [4.69, 9.17) is 4.98 Å². The normalized spacial score (nSPS) is 20.2. The number of hydrogen-bond acceptors (Lipinski definition) is 6. The van der Waals surface area contributed by atoms with Crippen LogP contribution in [0.4, 0.5) is 4.39 Å². The van der Waals surface area contributed by atoms with Crippen molar-refractivity contribution in [1.82, 2.24) is 40.2 Å². The van der Waals surface area contributed by atoms with Gasteiger partial charge in [0.2, 0.25) is 5.91 Å². The first kappa shape index (κ1) is 24.7. The summed E-state index contributed by atoms with van der Waals surface area (Å²) in [6.07, 6.45) is 7.07. The summed E-state index contributed by atoms with van der Waals surface area (Å²) < 4.78 is 14.6. The summed E-state index contributed by atoms with van der Waals surface area (Å²) in [5.41, 5.74) is 4.22. The van der Waals surface area contributed by atoms with Crippen LogP contribution in [0.5, 0.6) is 0 Å². The van der Waals surface area contributed by atoms with Crippen LogP contribution in [0.25, 0.3) is 5.82 Å². The highest BCUT2D eigenvalue weighted by Crippen LogP contribution is 2.46. The first-order chi connectivity index (χ1) is 17.7. The van der Waals surface area contributed by atoms with Gasteiger partial charge in [0.15, 0.2) is 11.6 Å². The lowest BCUT2D eigenvalue weighted by Crippen LogP contribution is -2.38. The van der Waals surface area contributed by atoms with Gasteiger partial charge in [-0.15, -0.1) is 0 Å². The SMILES string of the molecule is Cc1cc([C@@H]2CC[C@@](C)(C(=O)N[C@@H](C)c3ccc(-n4cc(F)cn4)nc3)C2)nc(Cc2cc(C)[nH]n2)n1. The molecule has 10 heteroatoms. The van der Waals surface area contributed by atoms with Crippen molar-refractivity contribution in [2.45, 2.75) is 65.3 Å². The molecule has 4 aromatic rings. The third-order valence-corrected chi connectivity index (χ3v) is 7.13. The highest BCUT2D eigenvalue weighted by molar-refractivity contribution is 5.83. The van der Waals surface area contributed by atoms with Crippen molar-refractivity contribution < 1.29 is 9.18 Å². The first-order valence-electron chi connectivity index (χ1n) is 12.5. The third kappa shape index (κ3) is 5.42. The van der Waals surface area contributed by atoms with Gasteiger partial charge in [-0.2, -0.15) is 10.2 Å². The molecule has 9 nitrogen and oxygen atoms in total. The van der Waals surface area contributed by atoms with Crippen LogP contribution in [0.1, 0.15) is 79.2 Å². The molecule has 0 unspecified atom stereocenters. The van der Waals surface area contributed by atoms with Gasteiger partial charge in [-0.1, -0.05) is 13.0 Å². The third-order valence-electron chi connectivity index (χ3n) is 7.13. The van der Waals surface area contributed by atoms with Crippen molar-refractivity contribution in [3.8, 4) is 5.82 Å². The second kappa shape index (κ2) is 9.84. The van der Waals surface area contributed by atoms with Gasteiger partial charge in [-0.3, -0.25) is 9.89 Å². The Hall–Kier alpha value is -3.95. The highest BCUT2D eigenvalue weighted by Gasteiger charge is 2.42. The van der Waals surface area contributed by atoms with Crippen LogP contribution in [0.3, 0.4) is 0 Å². The van der Waals surface area contributed by atoms with Crippen molar-refractivity contribution in [1.29, 1.82) is 0 Å². The molecular formula is C27H31FN8O. The second-order valence-electron chi connectivity index (χ2n) is 10.3. The Kier molecular flexibility index (Phi) is 6.57. The zero-order valence-corrected chi connectivity index (χ0v) is 21.5. The summed E-state index contributed by atoms with van der Waals surface area (Å²) in [7, 11) is 0. The van der Waals surface area contributed by atoms with Crippen LogP contribution in [0.15, 0.2) is 42.9 Å². The van der Waals surface area contributed by atoms with Crippen LogP contribution < -0.4 is 5.32 Å². The number of aromatic amines is 1.